The summed E-state index contributed by atoms with van der Waals surface area (Å²) in [4.78, 5) is 2.37. The van der Waals surface area contributed by atoms with Gasteiger partial charge in [-0.15, -0.1) is 0 Å². The second-order valence-electron chi connectivity index (χ2n) is 6.88. The molecule has 0 amide bonds. The van der Waals surface area contributed by atoms with E-state index in [2.05, 4.69) is 60.5 Å². The van der Waals surface area contributed by atoms with Crippen molar-refractivity contribution in [2.45, 2.75) is 33.2 Å². The second-order valence-corrected chi connectivity index (χ2v) is 6.88. The summed E-state index contributed by atoms with van der Waals surface area (Å²) in [6, 6.07) is 15.2. The van der Waals surface area contributed by atoms with Gasteiger partial charge in [0.25, 0.3) is 0 Å². The zero-order valence-corrected chi connectivity index (χ0v) is 16.8. The van der Waals surface area contributed by atoms with Crippen LogP contribution in [0.4, 0.5) is 0 Å². The third-order valence-electron chi connectivity index (χ3n) is 5.24. The second kappa shape index (κ2) is 9.77. The minimum Gasteiger partial charge on any atom is -0.494 e. The van der Waals surface area contributed by atoms with Gasteiger partial charge in [-0.2, -0.15) is 0 Å². The minimum atomic E-state index is 0.204. The van der Waals surface area contributed by atoms with Gasteiger partial charge in [0.2, 0.25) is 0 Å². The van der Waals surface area contributed by atoms with Crippen molar-refractivity contribution >= 4 is 0 Å². The first kappa shape index (κ1) is 19.7. The molecule has 0 aromatic heterocycles. The molecular formula is C23H32N2O2. The fraction of sp³-hybridized carbons (Fsp3) is 0.478. The molecule has 1 N–H and O–H groups in total. The van der Waals surface area contributed by atoms with E-state index < -0.39 is 0 Å². The maximum absolute atomic E-state index is 6.02. The molecule has 0 fully saturated rings. The Labute approximate surface area is 163 Å². The molecule has 1 aliphatic heterocycles. The number of rotatable bonds is 9. The Balaban J connectivity index is 1.72. The van der Waals surface area contributed by atoms with Crippen LogP contribution in [0, 0.1) is 0 Å². The van der Waals surface area contributed by atoms with E-state index in [0.717, 1.165) is 50.7 Å². The normalized spacial score (nSPS) is 16.2. The van der Waals surface area contributed by atoms with Crippen molar-refractivity contribution in [3.8, 4) is 11.5 Å². The van der Waals surface area contributed by atoms with E-state index in [4.69, 9.17) is 9.47 Å². The summed E-state index contributed by atoms with van der Waals surface area (Å²) in [6.45, 7) is 11.9. The Bertz CT molecular complexity index is 728. The highest BCUT2D eigenvalue weighted by atomic mass is 16.5. The first-order valence-electron chi connectivity index (χ1n) is 10.2. The van der Waals surface area contributed by atoms with Gasteiger partial charge in [0, 0.05) is 13.1 Å². The van der Waals surface area contributed by atoms with Gasteiger partial charge in [0.15, 0.2) is 0 Å². The van der Waals surface area contributed by atoms with Gasteiger partial charge in [-0.1, -0.05) is 32.0 Å². The molecule has 1 heterocycles. The molecule has 2 aromatic carbocycles. The van der Waals surface area contributed by atoms with Crippen LogP contribution < -0.4 is 14.8 Å². The van der Waals surface area contributed by atoms with Crippen molar-refractivity contribution in [1.29, 1.82) is 0 Å². The predicted octanol–water partition coefficient (Wildman–Crippen LogP) is 4.04. The number of nitrogens with one attached hydrogen (secondary N) is 1. The molecule has 0 spiro atoms. The standard InChI is InChI=1S/C23H32N2O2/c1-4-25(5-2)14-15-27-20-9-7-8-19(17-20)23-22-11-10-21(26-6-3)16-18(22)12-13-24-23/h7-11,16-17,23-24H,4-6,12-15H2,1-3H3. The Morgan fingerprint density at radius 3 is 2.59 bits per heavy atom. The molecule has 1 atom stereocenters. The van der Waals surface area contributed by atoms with Crippen LogP contribution in [-0.2, 0) is 6.42 Å². The number of hydrogen-bond acceptors (Lipinski definition) is 4. The van der Waals surface area contributed by atoms with Crippen LogP contribution in [0.5, 0.6) is 11.5 Å². The van der Waals surface area contributed by atoms with E-state index in [9.17, 15) is 0 Å². The lowest BCUT2D eigenvalue weighted by Gasteiger charge is -2.28. The molecule has 0 radical (unpaired) electrons. The Morgan fingerprint density at radius 1 is 1.00 bits per heavy atom. The summed E-state index contributed by atoms with van der Waals surface area (Å²) in [6.07, 6.45) is 1.03. The Hall–Kier alpha value is -2.04. The smallest absolute Gasteiger partial charge is 0.119 e. The maximum Gasteiger partial charge on any atom is 0.119 e. The largest absolute Gasteiger partial charge is 0.494 e. The molecule has 1 aliphatic rings. The summed E-state index contributed by atoms with van der Waals surface area (Å²) in [5.41, 5.74) is 3.96. The molecule has 0 saturated heterocycles. The van der Waals surface area contributed by atoms with E-state index in [0.29, 0.717) is 6.61 Å². The monoisotopic (exact) mass is 368 g/mol. The lowest BCUT2D eigenvalue weighted by molar-refractivity contribution is 0.222. The Kier molecular flexibility index (Phi) is 7.13. The SMILES string of the molecule is CCOc1ccc2c(c1)CCNC2c1cccc(OCCN(CC)CC)c1. The summed E-state index contributed by atoms with van der Waals surface area (Å²) in [5.74, 6) is 1.91. The highest BCUT2D eigenvalue weighted by molar-refractivity contribution is 5.45. The highest BCUT2D eigenvalue weighted by Gasteiger charge is 2.22. The van der Waals surface area contributed by atoms with Crippen LogP contribution in [0.1, 0.15) is 43.5 Å². The molecule has 0 bridgehead atoms. The number of hydrogen-bond donors (Lipinski definition) is 1. The summed E-state index contributed by atoms with van der Waals surface area (Å²) < 4.78 is 11.7. The van der Waals surface area contributed by atoms with Crippen LogP contribution in [0.25, 0.3) is 0 Å². The van der Waals surface area contributed by atoms with Gasteiger partial charge < -0.3 is 19.7 Å². The van der Waals surface area contributed by atoms with Gasteiger partial charge in [-0.05, 0) is 67.4 Å². The summed E-state index contributed by atoms with van der Waals surface area (Å²) >= 11 is 0. The zero-order chi connectivity index (χ0) is 19.1. The number of benzene rings is 2. The quantitative estimate of drug-likeness (QED) is 0.724. The number of ether oxygens (including phenoxy) is 2. The van der Waals surface area contributed by atoms with Crippen molar-refractivity contribution in [3.05, 3.63) is 59.2 Å². The lowest BCUT2D eigenvalue weighted by atomic mass is 9.89. The van der Waals surface area contributed by atoms with E-state index in [1.165, 1.54) is 16.7 Å². The van der Waals surface area contributed by atoms with Gasteiger partial charge in [-0.3, -0.25) is 0 Å². The van der Waals surface area contributed by atoms with Crippen molar-refractivity contribution in [2.24, 2.45) is 0 Å². The van der Waals surface area contributed by atoms with Gasteiger partial charge in [0.1, 0.15) is 18.1 Å². The molecule has 2 aromatic rings. The van der Waals surface area contributed by atoms with Gasteiger partial charge in [0.05, 0.1) is 12.6 Å². The average molecular weight is 369 g/mol. The van der Waals surface area contributed by atoms with Gasteiger partial charge in [-0.25, -0.2) is 0 Å². The van der Waals surface area contributed by atoms with Crippen LogP contribution in [0.3, 0.4) is 0 Å². The number of fused-ring (bicyclic) bond motifs is 1. The molecule has 3 rings (SSSR count). The molecule has 146 valence electrons. The van der Waals surface area contributed by atoms with Crippen LogP contribution in [-0.4, -0.2) is 44.3 Å². The molecule has 0 aliphatic carbocycles. The third kappa shape index (κ3) is 5.02. The van der Waals surface area contributed by atoms with Crippen molar-refractivity contribution in [3.63, 3.8) is 0 Å². The Morgan fingerprint density at radius 2 is 1.81 bits per heavy atom. The van der Waals surface area contributed by atoms with E-state index in [-0.39, 0.29) is 6.04 Å². The van der Waals surface area contributed by atoms with Crippen molar-refractivity contribution in [2.75, 3.05) is 39.4 Å². The molecule has 4 nitrogen and oxygen atoms in total. The van der Waals surface area contributed by atoms with E-state index in [1.807, 2.05) is 13.0 Å². The van der Waals surface area contributed by atoms with E-state index in [1.54, 1.807) is 0 Å². The third-order valence-corrected chi connectivity index (χ3v) is 5.24. The topological polar surface area (TPSA) is 33.7 Å². The van der Waals surface area contributed by atoms with Crippen LogP contribution >= 0.6 is 0 Å². The minimum absolute atomic E-state index is 0.204. The first-order valence-corrected chi connectivity index (χ1v) is 10.2. The first-order chi connectivity index (χ1) is 13.2. The average Bonchev–Trinajstić information content (AvgIpc) is 2.71. The summed E-state index contributed by atoms with van der Waals surface area (Å²) in [7, 11) is 0. The van der Waals surface area contributed by atoms with Crippen molar-refractivity contribution < 1.29 is 9.47 Å². The lowest BCUT2D eigenvalue weighted by Crippen LogP contribution is -2.30. The molecule has 27 heavy (non-hydrogen) atoms. The number of nitrogens with zero attached hydrogens (tertiary/aromatic N) is 1. The molecular weight excluding hydrogens is 336 g/mol. The highest BCUT2D eigenvalue weighted by Crippen LogP contribution is 2.32. The fourth-order valence-electron chi connectivity index (χ4n) is 3.71. The van der Waals surface area contributed by atoms with Crippen LogP contribution in [0.15, 0.2) is 42.5 Å². The van der Waals surface area contributed by atoms with Crippen LogP contribution in [0.2, 0.25) is 0 Å². The summed E-state index contributed by atoms with van der Waals surface area (Å²) in [5, 5.41) is 3.66. The number of likely N-dealkylation sites (N-methyl/N-ethyl adjacent to an activating group) is 1. The predicted molar refractivity (Wildman–Crippen MR) is 111 cm³/mol. The van der Waals surface area contributed by atoms with E-state index >= 15 is 0 Å². The zero-order valence-electron chi connectivity index (χ0n) is 16.8. The fourth-order valence-corrected chi connectivity index (χ4v) is 3.71. The molecule has 0 saturated carbocycles. The molecule has 4 heteroatoms. The molecule has 1 unspecified atom stereocenters. The van der Waals surface area contributed by atoms with Crippen molar-refractivity contribution in [1.82, 2.24) is 10.2 Å². The van der Waals surface area contributed by atoms with Gasteiger partial charge >= 0.3 is 0 Å². The maximum atomic E-state index is 6.02.